The van der Waals surface area contributed by atoms with Gasteiger partial charge in [0.1, 0.15) is 23.3 Å². The second-order valence-corrected chi connectivity index (χ2v) is 8.74. The number of nitrogens with one attached hydrogen (secondary N) is 2. The van der Waals surface area contributed by atoms with E-state index < -0.39 is 23.8 Å². The van der Waals surface area contributed by atoms with Crippen LogP contribution in [0.4, 0.5) is 24.8 Å². The van der Waals surface area contributed by atoms with Crippen molar-refractivity contribution in [2.75, 3.05) is 29.9 Å². The summed E-state index contributed by atoms with van der Waals surface area (Å²) in [6.07, 6.45) is -0.437. The molecule has 0 radical (unpaired) electrons. The Labute approximate surface area is 188 Å². The first-order valence-corrected chi connectivity index (χ1v) is 10.8. The van der Waals surface area contributed by atoms with E-state index in [1.54, 1.807) is 20.0 Å². The summed E-state index contributed by atoms with van der Waals surface area (Å²) in [5.74, 6) is 0.818. The smallest absolute Gasteiger partial charge is 0.266 e. The van der Waals surface area contributed by atoms with E-state index in [2.05, 4.69) is 25.6 Å². The van der Waals surface area contributed by atoms with Crippen molar-refractivity contribution < 1.29 is 18.0 Å². The van der Waals surface area contributed by atoms with Crippen LogP contribution in [0.2, 0.25) is 0 Å². The normalized spacial score (nSPS) is 18.0. The number of aryl methyl sites for hydroxylation is 1. The Balaban J connectivity index is 1.45. The van der Waals surface area contributed by atoms with E-state index in [0.717, 1.165) is 12.5 Å². The van der Waals surface area contributed by atoms with Gasteiger partial charge >= 0.3 is 0 Å². The number of carbonyl (C=O) groups is 1. The average Bonchev–Trinajstić information content (AvgIpc) is 3.13. The van der Waals surface area contributed by atoms with Crippen LogP contribution >= 0.6 is 0 Å². The average molecular weight is 456 g/mol. The van der Waals surface area contributed by atoms with E-state index >= 15 is 0 Å². The third kappa shape index (κ3) is 3.63. The molecule has 0 bridgehead atoms. The number of benzene rings is 1. The molecule has 1 atom stereocenters. The van der Waals surface area contributed by atoms with Crippen LogP contribution in [0.15, 0.2) is 30.5 Å². The highest BCUT2D eigenvalue weighted by Gasteiger charge is 2.52. The second-order valence-electron chi connectivity index (χ2n) is 8.74. The monoisotopic (exact) mass is 456 g/mol. The van der Waals surface area contributed by atoms with Gasteiger partial charge in [-0.05, 0) is 26.3 Å². The molecule has 1 spiro atoms. The number of pyridine rings is 1. The number of fused-ring (bicyclic) bond motifs is 1. The number of hydrogen-bond donors (Lipinski definition) is 2. The Morgan fingerprint density at radius 1 is 1.21 bits per heavy atom. The molecule has 2 aromatic heterocycles. The van der Waals surface area contributed by atoms with Crippen LogP contribution in [0.1, 0.15) is 42.8 Å². The molecule has 172 valence electrons. The number of nitrogens with zero attached hydrogens (tertiary/aromatic N) is 4. The molecule has 4 heterocycles. The van der Waals surface area contributed by atoms with E-state index in [-0.39, 0.29) is 16.9 Å². The number of hydrogen-bond acceptors (Lipinski definition) is 6. The maximum absolute atomic E-state index is 14.7. The molecular formula is C23H23F3N6O. The van der Waals surface area contributed by atoms with Crippen LogP contribution in [-0.2, 0) is 4.79 Å². The van der Waals surface area contributed by atoms with E-state index in [4.69, 9.17) is 0 Å². The van der Waals surface area contributed by atoms with Gasteiger partial charge in [-0.15, -0.1) is 0 Å². The lowest BCUT2D eigenvalue weighted by molar-refractivity contribution is -0.128. The van der Waals surface area contributed by atoms with Gasteiger partial charge in [-0.2, -0.15) is 0 Å². The number of anilines is 2. The van der Waals surface area contributed by atoms with Crippen molar-refractivity contribution >= 4 is 28.4 Å². The summed E-state index contributed by atoms with van der Waals surface area (Å²) >= 11 is 0. The molecule has 10 heteroatoms. The van der Waals surface area contributed by atoms with Gasteiger partial charge in [0, 0.05) is 30.6 Å². The predicted octanol–water partition coefficient (Wildman–Crippen LogP) is 3.91. The fourth-order valence-corrected chi connectivity index (χ4v) is 4.64. The van der Waals surface area contributed by atoms with Crippen LogP contribution in [0.3, 0.4) is 0 Å². The maximum Gasteiger partial charge on any atom is 0.266 e. The molecule has 2 fully saturated rings. The molecule has 0 saturated carbocycles. The van der Waals surface area contributed by atoms with Crippen molar-refractivity contribution in [3.8, 4) is 0 Å². The Morgan fingerprint density at radius 2 is 1.97 bits per heavy atom. The lowest BCUT2D eigenvalue weighted by Crippen LogP contribution is -2.60. The molecule has 2 saturated heterocycles. The Bertz CT molecular complexity index is 1240. The predicted molar refractivity (Wildman–Crippen MR) is 118 cm³/mol. The summed E-state index contributed by atoms with van der Waals surface area (Å²) in [4.78, 5) is 27.6. The van der Waals surface area contributed by atoms with E-state index in [1.807, 2.05) is 11.0 Å². The van der Waals surface area contributed by atoms with Crippen LogP contribution in [0, 0.1) is 18.2 Å². The second kappa shape index (κ2) is 7.86. The van der Waals surface area contributed by atoms with E-state index in [0.29, 0.717) is 48.0 Å². The molecule has 5 rings (SSSR count). The summed E-state index contributed by atoms with van der Waals surface area (Å²) in [5, 5.41) is 6.73. The van der Waals surface area contributed by atoms with Gasteiger partial charge in [0.05, 0.1) is 28.7 Å². The molecule has 2 N–H and O–H groups in total. The zero-order valence-electron chi connectivity index (χ0n) is 18.2. The molecule has 7 nitrogen and oxygen atoms in total. The van der Waals surface area contributed by atoms with Crippen molar-refractivity contribution in [2.24, 2.45) is 5.41 Å². The summed E-state index contributed by atoms with van der Waals surface area (Å²) in [6, 6.07) is 5.21. The Morgan fingerprint density at radius 3 is 2.67 bits per heavy atom. The SMILES string of the molecule is Cc1nc(N[C@H](C)c2cccc(C(F)F)c2F)c2cc(N3CC4(CCNC4=O)C3)ncc2n1. The standard InChI is InChI=1S/C23H23F3N6O/c1-12(14-4-3-5-15(19(14)24)20(25)26)29-21-16-8-18(28-9-17(16)30-13(2)31-21)32-10-23(11-32)6-7-27-22(23)33/h3-5,8-9,12,20H,6-7,10-11H2,1-2H3,(H,27,33)(H,29,30,31)/t12-/m1/s1. The highest BCUT2D eigenvalue weighted by Crippen LogP contribution is 2.40. The third-order valence-electron chi connectivity index (χ3n) is 6.47. The van der Waals surface area contributed by atoms with Gasteiger partial charge in [-0.3, -0.25) is 4.79 Å². The Kier molecular flexibility index (Phi) is 5.10. The van der Waals surface area contributed by atoms with Crippen LogP contribution in [-0.4, -0.2) is 40.5 Å². The summed E-state index contributed by atoms with van der Waals surface area (Å²) < 4.78 is 40.9. The number of amides is 1. The summed E-state index contributed by atoms with van der Waals surface area (Å²) in [6.45, 7) is 5.31. The topological polar surface area (TPSA) is 83.0 Å². The number of alkyl halides is 2. The fourth-order valence-electron chi connectivity index (χ4n) is 4.64. The zero-order valence-corrected chi connectivity index (χ0v) is 18.2. The van der Waals surface area contributed by atoms with Gasteiger partial charge in [-0.25, -0.2) is 28.1 Å². The van der Waals surface area contributed by atoms with E-state index in [9.17, 15) is 18.0 Å². The third-order valence-corrected chi connectivity index (χ3v) is 6.47. The molecule has 0 aliphatic carbocycles. The first kappa shape index (κ1) is 21.4. The van der Waals surface area contributed by atoms with Crippen molar-refractivity contribution in [3.05, 3.63) is 53.2 Å². The molecule has 2 aliphatic heterocycles. The molecule has 33 heavy (non-hydrogen) atoms. The minimum atomic E-state index is -2.89. The Hall–Kier alpha value is -3.43. The van der Waals surface area contributed by atoms with E-state index in [1.165, 1.54) is 12.1 Å². The summed E-state index contributed by atoms with van der Waals surface area (Å²) in [7, 11) is 0. The van der Waals surface area contributed by atoms with Crippen molar-refractivity contribution in [3.63, 3.8) is 0 Å². The first-order chi connectivity index (χ1) is 15.8. The number of rotatable bonds is 5. The minimum Gasteiger partial charge on any atom is -0.363 e. The number of aromatic nitrogens is 3. The molecule has 1 aromatic carbocycles. The van der Waals surface area contributed by atoms with Gasteiger partial charge in [0.25, 0.3) is 6.43 Å². The van der Waals surface area contributed by atoms with Crippen molar-refractivity contribution in [2.45, 2.75) is 32.7 Å². The maximum atomic E-state index is 14.7. The zero-order chi connectivity index (χ0) is 23.3. The number of halogens is 3. The largest absolute Gasteiger partial charge is 0.363 e. The molecule has 0 unspecified atom stereocenters. The van der Waals surface area contributed by atoms with Gasteiger partial charge in [0.2, 0.25) is 5.91 Å². The lowest BCUT2D eigenvalue weighted by atomic mass is 9.78. The molecule has 3 aromatic rings. The molecular weight excluding hydrogens is 433 g/mol. The van der Waals surface area contributed by atoms with Crippen LogP contribution in [0.5, 0.6) is 0 Å². The summed E-state index contributed by atoms with van der Waals surface area (Å²) in [5.41, 5.74) is -0.234. The van der Waals surface area contributed by atoms with Gasteiger partial charge in [-0.1, -0.05) is 18.2 Å². The quantitative estimate of drug-likeness (QED) is 0.606. The van der Waals surface area contributed by atoms with Crippen LogP contribution < -0.4 is 15.5 Å². The number of carbonyl (C=O) groups excluding carboxylic acids is 1. The first-order valence-electron chi connectivity index (χ1n) is 10.8. The van der Waals surface area contributed by atoms with Gasteiger partial charge < -0.3 is 15.5 Å². The minimum absolute atomic E-state index is 0.0859. The van der Waals surface area contributed by atoms with Gasteiger partial charge in [0.15, 0.2) is 0 Å². The molecule has 2 aliphatic rings. The highest BCUT2D eigenvalue weighted by molar-refractivity contribution is 5.92. The lowest BCUT2D eigenvalue weighted by Gasteiger charge is -2.46. The van der Waals surface area contributed by atoms with Crippen LogP contribution in [0.25, 0.3) is 10.9 Å². The van der Waals surface area contributed by atoms with Crippen molar-refractivity contribution in [1.82, 2.24) is 20.3 Å². The van der Waals surface area contributed by atoms with Crippen molar-refractivity contribution in [1.29, 1.82) is 0 Å². The molecule has 1 amide bonds. The fraction of sp³-hybridized carbons (Fsp3) is 0.391. The highest BCUT2D eigenvalue weighted by atomic mass is 19.3.